The van der Waals surface area contributed by atoms with Gasteiger partial charge in [-0.3, -0.25) is 19.6 Å². The first-order chi connectivity index (χ1) is 16.3. The van der Waals surface area contributed by atoms with Crippen LogP contribution in [0.25, 0.3) is 11.1 Å². The number of aromatic nitrogens is 2. The Hall–Kier alpha value is -4.14. The van der Waals surface area contributed by atoms with Crippen molar-refractivity contribution in [2.24, 2.45) is 0 Å². The van der Waals surface area contributed by atoms with Crippen LogP contribution in [0.5, 0.6) is 0 Å². The second-order valence-corrected chi connectivity index (χ2v) is 8.58. The highest BCUT2D eigenvalue weighted by Gasteiger charge is 2.31. The quantitative estimate of drug-likeness (QED) is 0.470. The molecule has 3 N–H and O–H groups in total. The molecule has 4 rings (SSSR count). The van der Waals surface area contributed by atoms with Gasteiger partial charge < -0.3 is 15.2 Å². The molecule has 0 spiro atoms. The zero-order chi connectivity index (χ0) is 24.3. The van der Waals surface area contributed by atoms with E-state index in [1.54, 1.807) is 13.8 Å². The number of hydrogen-bond acceptors (Lipinski definition) is 5. The van der Waals surface area contributed by atoms with Gasteiger partial charge in [-0.1, -0.05) is 48.5 Å². The monoisotopic (exact) mass is 462 g/mol. The van der Waals surface area contributed by atoms with Crippen LogP contribution in [-0.2, 0) is 19.9 Å². The van der Waals surface area contributed by atoms with Gasteiger partial charge in [-0.05, 0) is 36.1 Å². The number of carboxylic acid groups (broad SMARTS) is 1. The molecule has 176 valence electrons. The fraction of sp³-hybridized carbons (Fsp3) is 0.280. The van der Waals surface area contributed by atoms with Crippen molar-refractivity contribution in [2.45, 2.75) is 31.7 Å². The molecule has 0 saturated carbocycles. The highest BCUT2D eigenvalue weighted by molar-refractivity contribution is 5.86. The van der Waals surface area contributed by atoms with Crippen molar-refractivity contribution in [2.75, 3.05) is 18.5 Å². The Morgan fingerprint density at radius 3 is 2.29 bits per heavy atom. The molecule has 0 radical (unpaired) electrons. The molecule has 1 aromatic heterocycles. The van der Waals surface area contributed by atoms with E-state index in [1.165, 1.54) is 17.1 Å². The Bertz CT molecular complexity index is 1190. The third-order valence-electron chi connectivity index (χ3n) is 5.93. The maximum atomic E-state index is 12.5. The Labute approximate surface area is 196 Å². The molecule has 9 nitrogen and oxygen atoms in total. The lowest BCUT2D eigenvalue weighted by atomic mass is 9.98. The Morgan fingerprint density at radius 2 is 1.68 bits per heavy atom. The first-order valence-electron chi connectivity index (χ1n) is 10.9. The second kappa shape index (κ2) is 9.38. The first-order valence-corrected chi connectivity index (χ1v) is 10.9. The van der Waals surface area contributed by atoms with Crippen LogP contribution in [0.1, 0.15) is 37.3 Å². The van der Waals surface area contributed by atoms with E-state index >= 15 is 0 Å². The number of hydrogen-bond donors (Lipinski definition) is 3. The summed E-state index contributed by atoms with van der Waals surface area (Å²) in [5, 5.41) is 18.1. The number of carbonyl (C=O) groups excluding carboxylic acids is 2. The largest absolute Gasteiger partial charge is 0.481 e. The van der Waals surface area contributed by atoms with E-state index in [2.05, 4.69) is 40.0 Å². The number of aliphatic carboxylic acids is 1. The van der Waals surface area contributed by atoms with Gasteiger partial charge in [-0.2, -0.15) is 5.10 Å². The van der Waals surface area contributed by atoms with Crippen molar-refractivity contribution in [1.29, 1.82) is 0 Å². The molecule has 34 heavy (non-hydrogen) atoms. The summed E-state index contributed by atoms with van der Waals surface area (Å²) in [5.41, 5.74) is 3.85. The van der Waals surface area contributed by atoms with Gasteiger partial charge in [0.25, 0.3) is 0 Å². The number of anilines is 1. The number of benzene rings is 2. The molecule has 2 aromatic carbocycles. The fourth-order valence-corrected chi connectivity index (χ4v) is 4.05. The van der Waals surface area contributed by atoms with Gasteiger partial charge in [-0.25, -0.2) is 4.79 Å². The first kappa shape index (κ1) is 23.0. The normalized spacial score (nSPS) is 12.5. The third kappa shape index (κ3) is 4.63. The molecule has 0 fully saturated rings. The molecule has 0 saturated heterocycles. The van der Waals surface area contributed by atoms with Gasteiger partial charge in [0.15, 0.2) is 0 Å². The number of nitrogens with one attached hydrogen (secondary N) is 2. The summed E-state index contributed by atoms with van der Waals surface area (Å²) in [6, 6.07) is 16.2. The Morgan fingerprint density at radius 1 is 1.06 bits per heavy atom. The number of carboxylic acids is 1. The minimum absolute atomic E-state index is 0.0176. The van der Waals surface area contributed by atoms with Crippen LogP contribution in [0.15, 0.2) is 60.9 Å². The lowest BCUT2D eigenvalue weighted by Crippen LogP contribution is -2.45. The summed E-state index contributed by atoms with van der Waals surface area (Å²) in [6.45, 7) is 3.50. The highest BCUT2D eigenvalue weighted by Crippen LogP contribution is 2.44. The van der Waals surface area contributed by atoms with Crippen LogP contribution in [0, 0.1) is 0 Å². The average molecular weight is 463 g/mol. The van der Waals surface area contributed by atoms with Crippen LogP contribution >= 0.6 is 0 Å². The standard InChI is InChI=1S/C25H26N4O5/c1-25(2,23(32)26-12-11-22(30)31)29-14-16(13-27-29)28-24(33)34-15-21-19-9-5-3-7-17(19)18-8-4-6-10-20(18)21/h3-10,13-14,21H,11-12,15H2,1-2H3,(H,26,32)(H,28,33)(H,30,31). The SMILES string of the molecule is CC(C)(C(=O)NCCC(=O)O)n1cc(NC(=O)OCC2c3ccccc3-c3ccccc32)cn1. The molecule has 2 amide bonds. The summed E-state index contributed by atoms with van der Waals surface area (Å²) >= 11 is 0. The molecule has 3 aromatic rings. The van der Waals surface area contributed by atoms with Crippen molar-refractivity contribution in [3.05, 3.63) is 72.1 Å². The molecule has 9 heteroatoms. The van der Waals surface area contributed by atoms with Crippen molar-refractivity contribution < 1.29 is 24.2 Å². The number of nitrogens with zero attached hydrogens (tertiary/aromatic N) is 2. The van der Waals surface area contributed by atoms with Crippen molar-refractivity contribution in [1.82, 2.24) is 15.1 Å². The molecular weight excluding hydrogens is 436 g/mol. The Kier molecular flexibility index (Phi) is 6.36. The van der Waals surface area contributed by atoms with Gasteiger partial charge in [-0.15, -0.1) is 0 Å². The highest BCUT2D eigenvalue weighted by atomic mass is 16.5. The zero-order valence-corrected chi connectivity index (χ0v) is 18.9. The predicted molar refractivity (Wildman–Crippen MR) is 126 cm³/mol. The third-order valence-corrected chi connectivity index (χ3v) is 5.93. The molecule has 0 aliphatic heterocycles. The molecule has 1 aliphatic rings. The summed E-state index contributed by atoms with van der Waals surface area (Å²) in [4.78, 5) is 35.6. The van der Waals surface area contributed by atoms with Crippen LogP contribution in [-0.4, -0.2) is 46.0 Å². The van der Waals surface area contributed by atoms with E-state index in [0.29, 0.717) is 5.69 Å². The van der Waals surface area contributed by atoms with Gasteiger partial charge >= 0.3 is 12.1 Å². The van der Waals surface area contributed by atoms with Crippen LogP contribution < -0.4 is 10.6 Å². The smallest absolute Gasteiger partial charge is 0.411 e. The van der Waals surface area contributed by atoms with Gasteiger partial charge in [0, 0.05) is 18.7 Å². The lowest BCUT2D eigenvalue weighted by Gasteiger charge is -2.24. The van der Waals surface area contributed by atoms with E-state index in [-0.39, 0.29) is 31.4 Å². The lowest BCUT2D eigenvalue weighted by molar-refractivity contribution is -0.137. The zero-order valence-electron chi connectivity index (χ0n) is 18.9. The number of fused-ring (bicyclic) bond motifs is 3. The second-order valence-electron chi connectivity index (χ2n) is 8.58. The van der Waals surface area contributed by atoms with Gasteiger partial charge in [0.2, 0.25) is 5.91 Å². The minimum Gasteiger partial charge on any atom is -0.481 e. The van der Waals surface area contributed by atoms with Crippen molar-refractivity contribution in [3.63, 3.8) is 0 Å². The molecule has 1 heterocycles. The fourth-order valence-electron chi connectivity index (χ4n) is 4.05. The minimum atomic E-state index is -1.08. The maximum Gasteiger partial charge on any atom is 0.411 e. The van der Waals surface area contributed by atoms with Gasteiger partial charge in [0.1, 0.15) is 12.1 Å². The Balaban J connectivity index is 1.37. The van der Waals surface area contributed by atoms with Crippen LogP contribution in [0.4, 0.5) is 10.5 Å². The van der Waals surface area contributed by atoms with Gasteiger partial charge in [0.05, 0.1) is 18.3 Å². The van der Waals surface area contributed by atoms with E-state index in [0.717, 1.165) is 22.3 Å². The summed E-state index contributed by atoms with van der Waals surface area (Å²) in [7, 11) is 0. The molecule has 0 bridgehead atoms. The predicted octanol–water partition coefficient (Wildman–Crippen LogP) is 3.57. The number of carbonyl (C=O) groups is 3. The number of ether oxygens (including phenoxy) is 1. The average Bonchev–Trinajstić information content (AvgIpc) is 3.40. The number of rotatable bonds is 8. The van der Waals surface area contributed by atoms with E-state index in [9.17, 15) is 14.4 Å². The van der Waals surface area contributed by atoms with E-state index in [1.807, 2.05) is 24.3 Å². The van der Waals surface area contributed by atoms with E-state index in [4.69, 9.17) is 9.84 Å². The topological polar surface area (TPSA) is 123 Å². The number of amides is 2. The molecular formula is C25H26N4O5. The molecule has 0 atom stereocenters. The van der Waals surface area contributed by atoms with Crippen LogP contribution in [0.3, 0.4) is 0 Å². The molecule has 1 aliphatic carbocycles. The summed E-state index contributed by atoms with van der Waals surface area (Å²) < 4.78 is 6.94. The maximum absolute atomic E-state index is 12.5. The van der Waals surface area contributed by atoms with Crippen molar-refractivity contribution in [3.8, 4) is 11.1 Å². The molecule has 0 unspecified atom stereocenters. The summed E-state index contributed by atoms with van der Waals surface area (Å²) in [5.74, 6) is -1.43. The van der Waals surface area contributed by atoms with Crippen LogP contribution in [0.2, 0.25) is 0 Å². The van der Waals surface area contributed by atoms with E-state index < -0.39 is 17.6 Å². The van der Waals surface area contributed by atoms with Crippen molar-refractivity contribution >= 4 is 23.7 Å². The summed E-state index contributed by atoms with van der Waals surface area (Å²) in [6.07, 6.45) is 2.16.